The van der Waals surface area contributed by atoms with Gasteiger partial charge in [0.15, 0.2) is 0 Å². The van der Waals surface area contributed by atoms with E-state index in [0.29, 0.717) is 5.62 Å². The molecule has 0 aliphatic carbocycles. The van der Waals surface area contributed by atoms with Crippen LogP contribution in [0, 0.1) is 0 Å². The van der Waals surface area contributed by atoms with Crippen molar-refractivity contribution >= 4 is 0 Å². The number of nitrogens with zero attached hydrogens (tertiary/aromatic N) is 5. The van der Waals surface area contributed by atoms with Crippen molar-refractivity contribution in [2.45, 2.75) is 0 Å². The molecule has 0 saturated heterocycles. The van der Waals surface area contributed by atoms with E-state index in [2.05, 4.69) is 15.4 Å². The molecule has 0 spiro atoms. The van der Waals surface area contributed by atoms with Crippen LogP contribution in [0.1, 0.15) is 2.74 Å². The van der Waals surface area contributed by atoms with Crippen LogP contribution in [0.3, 0.4) is 0 Å². The zero-order valence-corrected chi connectivity index (χ0v) is 6.74. The first-order valence-electron chi connectivity index (χ1n) is 4.11. The normalized spacial score (nSPS) is 13.4. The monoisotopic (exact) mass is 155 g/mol. The van der Waals surface area contributed by atoms with E-state index < -0.39 is 0 Å². The van der Waals surface area contributed by atoms with Crippen LogP contribution in [-0.2, 0) is 14.1 Å². The Hall–Kier alpha value is -1.39. The molecule has 0 amide bonds. The summed E-state index contributed by atoms with van der Waals surface area (Å²) < 4.78 is 17.9. The SMILES string of the molecule is [2H]c1c([2H])n(C)c(=N/N=N/C)n1C. The number of imidazole rings is 1. The Morgan fingerprint density at radius 3 is 2.36 bits per heavy atom. The van der Waals surface area contributed by atoms with Crippen molar-refractivity contribution in [2.24, 2.45) is 29.5 Å². The number of hydrogen-bond donors (Lipinski definition) is 0. The van der Waals surface area contributed by atoms with Crippen LogP contribution < -0.4 is 5.62 Å². The first-order chi connectivity index (χ1) is 6.09. The zero-order chi connectivity index (χ0) is 10.0. The molecule has 1 rings (SSSR count). The molecular formula is C6H11N5. The molecule has 1 aromatic rings. The molecule has 11 heavy (non-hydrogen) atoms. The van der Waals surface area contributed by atoms with Crippen LogP contribution in [0.15, 0.2) is 27.8 Å². The van der Waals surface area contributed by atoms with Crippen molar-refractivity contribution in [1.29, 1.82) is 0 Å². The summed E-state index contributed by atoms with van der Waals surface area (Å²) in [4.78, 5) is 0. The van der Waals surface area contributed by atoms with Crippen molar-refractivity contribution in [1.82, 2.24) is 9.13 Å². The van der Waals surface area contributed by atoms with Gasteiger partial charge in [0.2, 0.25) is 5.62 Å². The summed E-state index contributed by atoms with van der Waals surface area (Å²) in [6.45, 7) is 0. The molecule has 0 radical (unpaired) electrons. The quantitative estimate of drug-likeness (QED) is 0.412. The van der Waals surface area contributed by atoms with Gasteiger partial charge in [-0.05, 0) is 5.22 Å². The molecule has 0 aliphatic rings. The topological polar surface area (TPSA) is 46.9 Å². The van der Waals surface area contributed by atoms with Crippen molar-refractivity contribution < 1.29 is 2.74 Å². The smallest absolute Gasteiger partial charge is 0.231 e. The predicted molar refractivity (Wildman–Crippen MR) is 40.7 cm³/mol. The highest BCUT2D eigenvalue weighted by Gasteiger charge is 1.89. The van der Waals surface area contributed by atoms with Crippen LogP contribution >= 0.6 is 0 Å². The molecule has 0 N–H and O–H groups in total. The molecule has 0 fully saturated rings. The summed E-state index contributed by atoms with van der Waals surface area (Å²) in [6.07, 6.45) is 0.208. The maximum atomic E-state index is 7.46. The van der Waals surface area contributed by atoms with Gasteiger partial charge in [-0.2, -0.15) is 5.11 Å². The van der Waals surface area contributed by atoms with E-state index >= 15 is 0 Å². The van der Waals surface area contributed by atoms with Crippen molar-refractivity contribution in [3.8, 4) is 0 Å². The lowest BCUT2D eigenvalue weighted by Crippen LogP contribution is -2.20. The fraction of sp³-hybridized carbons (Fsp3) is 0.500. The summed E-state index contributed by atoms with van der Waals surface area (Å²) in [5.74, 6) is 0. The largest absolute Gasteiger partial charge is 0.319 e. The second-order valence-corrected chi connectivity index (χ2v) is 2.03. The van der Waals surface area contributed by atoms with E-state index in [1.807, 2.05) is 0 Å². The summed E-state index contributed by atoms with van der Waals surface area (Å²) in [7, 11) is 4.82. The Kier molecular flexibility index (Phi) is 1.51. The Bertz CT molecular complexity index is 371. The Morgan fingerprint density at radius 1 is 1.36 bits per heavy atom. The third kappa shape index (κ3) is 1.54. The van der Waals surface area contributed by atoms with Gasteiger partial charge >= 0.3 is 0 Å². The van der Waals surface area contributed by atoms with Gasteiger partial charge in [-0.25, -0.2) is 0 Å². The lowest BCUT2D eigenvalue weighted by Gasteiger charge is -1.89. The van der Waals surface area contributed by atoms with Gasteiger partial charge < -0.3 is 9.13 Å². The van der Waals surface area contributed by atoms with Crippen molar-refractivity contribution in [2.75, 3.05) is 7.05 Å². The highest BCUT2D eigenvalue weighted by molar-refractivity contribution is 4.76. The third-order valence-electron chi connectivity index (χ3n) is 1.21. The second kappa shape index (κ2) is 3.14. The predicted octanol–water partition coefficient (Wildman–Crippen LogP) is 0.261. The summed E-state index contributed by atoms with van der Waals surface area (Å²) in [5, 5.41) is 10.7. The molecule has 5 heteroatoms. The first kappa shape index (κ1) is 5.29. The zero-order valence-electron chi connectivity index (χ0n) is 8.74. The molecule has 0 atom stereocenters. The fourth-order valence-electron chi connectivity index (χ4n) is 0.694. The van der Waals surface area contributed by atoms with E-state index in [-0.39, 0.29) is 12.3 Å². The molecule has 0 aromatic carbocycles. The lowest BCUT2D eigenvalue weighted by molar-refractivity contribution is 0.716. The van der Waals surface area contributed by atoms with Gasteiger partial charge in [-0.1, -0.05) is 5.10 Å². The fourth-order valence-corrected chi connectivity index (χ4v) is 0.694. The van der Waals surface area contributed by atoms with E-state index in [1.165, 1.54) is 16.2 Å². The molecule has 0 saturated carbocycles. The number of rotatable bonds is 1. The molecule has 0 bridgehead atoms. The van der Waals surface area contributed by atoms with Gasteiger partial charge in [-0.15, -0.1) is 0 Å². The Labute approximate surface area is 67.5 Å². The molecule has 0 unspecified atom stereocenters. The maximum Gasteiger partial charge on any atom is 0.231 e. The van der Waals surface area contributed by atoms with Crippen molar-refractivity contribution in [3.63, 3.8) is 0 Å². The van der Waals surface area contributed by atoms with E-state index in [1.54, 1.807) is 14.1 Å². The highest BCUT2D eigenvalue weighted by Crippen LogP contribution is 1.77. The number of aromatic nitrogens is 2. The first-order valence-corrected chi connectivity index (χ1v) is 3.11. The maximum absolute atomic E-state index is 7.46. The van der Waals surface area contributed by atoms with Gasteiger partial charge in [0.05, 0.1) is 9.79 Å². The van der Waals surface area contributed by atoms with E-state index in [0.717, 1.165) is 0 Å². The average molecular weight is 155 g/mol. The summed E-state index contributed by atoms with van der Waals surface area (Å²) in [5.41, 5.74) is 0.431. The highest BCUT2D eigenvalue weighted by atomic mass is 15.4. The standard InChI is InChI=1S/C6H11N5/c1-7-9-8-6-10(2)4-5-11(6)3/h4-5H,1-3H3/b9-7+/i4D,5D. The third-order valence-corrected chi connectivity index (χ3v) is 1.21. The summed E-state index contributed by atoms with van der Waals surface area (Å²) in [6, 6.07) is 0. The average Bonchev–Trinajstić information content (AvgIpc) is 2.30. The van der Waals surface area contributed by atoms with Crippen LogP contribution in [-0.4, -0.2) is 16.2 Å². The minimum Gasteiger partial charge on any atom is -0.319 e. The van der Waals surface area contributed by atoms with Crippen LogP contribution in [0.5, 0.6) is 0 Å². The molecule has 5 nitrogen and oxygen atoms in total. The van der Waals surface area contributed by atoms with Gasteiger partial charge in [-0.3, -0.25) is 0 Å². The van der Waals surface area contributed by atoms with Gasteiger partial charge in [0.1, 0.15) is 0 Å². The number of hydrogen-bond acceptors (Lipinski definition) is 2. The Morgan fingerprint density at radius 2 is 1.91 bits per heavy atom. The molecule has 1 heterocycles. The lowest BCUT2D eigenvalue weighted by atomic mass is 10.9. The second-order valence-electron chi connectivity index (χ2n) is 2.03. The van der Waals surface area contributed by atoms with Crippen molar-refractivity contribution in [3.05, 3.63) is 18.0 Å². The minimum absolute atomic E-state index is 0.104. The van der Waals surface area contributed by atoms with Crippen LogP contribution in [0.2, 0.25) is 0 Å². The van der Waals surface area contributed by atoms with Gasteiger partial charge in [0, 0.05) is 26.4 Å². The molecule has 0 aliphatic heterocycles. The van der Waals surface area contributed by atoms with Crippen LogP contribution in [0.25, 0.3) is 0 Å². The molecule has 1 aromatic heterocycles. The Balaban J connectivity index is 3.46. The van der Waals surface area contributed by atoms with E-state index in [9.17, 15) is 0 Å². The summed E-state index contributed by atoms with van der Waals surface area (Å²) >= 11 is 0. The van der Waals surface area contributed by atoms with E-state index in [4.69, 9.17) is 2.74 Å². The minimum atomic E-state index is 0.104. The molecule has 60 valence electrons. The van der Waals surface area contributed by atoms with Gasteiger partial charge in [0.25, 0.3) is 0 Å². The van der Waals surface area contributed by atoms with Crippen LogP contribution in [0.4, 0.5) is 0 Å². The molecular weight excluding hydrogens is 142 g/mol.